The molecule has 5 nitrogen and oxygen atoms in total. The lowest BCUT2D eigenvalue weighted by molar-refractivity contribution is 0.0930. The van der Waals surface area contributed by atoms with Crippen molar-refractivity contribution in [3.8, 4) is 10.6 Å². The second-order valence-corrected chi connectivity index (χ2v) is 7.07. The summed E-state index contributed by atoms with van der Waals surface area (Å²) in [6.45, 7) is 3.59. The molecule has 2 heterocycles. The Labute approximate surface area is 143 Å². The highest BCUT2D eigenvalue weighted by Crippen LogP contribution is 2.28. The van der Waals surface area contributed by atoms with Gasteiger partial charge in [-0.05, 0) is 19.1 Å². The minimum atomic E-state index is -0.400. The topological polar surface area (TPSA) is 74.2 Å². The summed E-state index contributed by atoms with van der Waals surface area (Å²) in [6.07, 6.45) is -0.400. The Bertz CT molecular complexity index is 702. The Morgan fingerprint density at radius 2 is 2.17 bits per heavy atom. The number of thiazole rings is 1. The van der Waals surface area contributed by atoms with Gasteiger partial charge in [0.2, 0.25) is 0 Å². The molecule has 0 radical (unpaired) electrons. The number of aromatic nitrogens is 1. The van der Waals surface area contributed by atoms with E-state index in [9.17, 15) is 9.90 Å². The number of hydrogen-bond donors (Lipinski definition) is 3. The van der Waals surface area contributed by atoms with Crippen molar-refractivity contribution in [2.75, 3.05) is 19.6 Å². The van der Waals surface area contributed by atoms with E-state index in [2.05, 4.69) is 15.6 Å². The maximum Gasteiger partial charge on any atom is 0.263 e. The van der Waals surface area contributed by atoms with Gasteiger partial charge in [0.05, 0.1) is 11.8 Å². The summed E-state index contributed by atoms with van der Waals surface area (Å²) in [4.78, 5) is 17.4. The van der Waals surface area contributed by atoms with E-state index < -0.39 is 6.10 Å². The fourth-order valence-electron chi connectivity index (χ4n) is 2.55. The number of hydrogen-bond acceptors (Lipinski definition) is 5. The van der Waals surface area contributed by atoms with Gasteiger partial charge in [0.1, 0.15) is 9.88 Å². The van der Waals surface area contributed by atoms with Gasteiger partial charge in [0.25, 0.3) is 5.91 Å². The molecule has 2 unspecified atom stereocenters. The Morgan fingerprint density at radius 1 is 1.43 bits per heavy atom. The predicted molar refractivity (Wildman–Crippen MR) is 92.0 cm³/mol. The van der Waals surface area contributed by atoms with Crippen LogP contribution in [0.1, 0.15) is 15.4 Å². The second-order valence-electron chi connectivity index (χ2n) is 5.64. The maximum absolute atomic E-state index is 12.4. The lowest BCUT2D eigenvalue weighted by Crippen LogP contribution is -2.34. The Hall–Kier alpha value is -1.47. The molecule has 1 aliphatic heterocycles. The summed E-state index contributed by atoms with van der Waals surface area (Å²) in [5.74, 6) is -0.0813. The molecule has 0 aliphatic carbocycles. The van der Waals surface area contributed by atoms with Gasteiger partial charge in [-0.1, -0.05) is 23.7 Å². The van der Waals surface area contributed by atoms with E-state index in [0.717, 1.165) is 17.1 Å². The van der Waals surface area contributed by atoms with Crippen LogP contribution in [0.15, 0.2) is 24.3 Å². The zero-order chi connectivity index (χ0) is 16.4. The normalized spacial score (nSPS) is 20.7. The first-order valence-electron chi connectivity index (χ1n) is 7.45. The summed E-state index contributed by atoms with van der Waals surface area (Å²) in [7, 11) is 0. The van der Waals surface area contributed by atoms with E-state index in [-0.39, 0.29) is 11.8 Å². The maximum atomic E-state index is 12.4. The highest BCUT2D eigenvalue weighted by Gasteiger charge is 2.26. The molecular weight excluding hydrogens is 334 g/mol. The number of aliphatic hydroxyl groups excluding tert-OH is 1. The molecule has 1 aromatic heterocycles. The molecule has 3 N–H and O–H groups in total. The molecule has 3 rings (SSSR count). The number of halogens is 1. The average molecular weight is 352 g/mol. The Kier molecular flexibility index (Phi) is 4.96. The summed E-state index contributed by atoms with van der Waals surface area (Å²) in [5, 5.41) is 17.2. The van der Waals surface area contributed by atoms with E-state index in [1.165, 1.54) is 11.3 Å². The highest BCUT2D eigenvalue weighted by atomic mass is 35.5. The standard InChI is InChI=1S/C16H18ClN3O2S/c1-9-14(15(22)19-7-11-6-18-8-13(11)21)23-16(20-9)10-2-4-12(17)5-3-10/h2-5,11,13,18,21H,6-8H2,1H3,(H,19,22). The molecule has 0 bridgehead atoms. The van der Waals surface area contributed by atoms with Gasteiger partial charge in [-0.25, -0.2) is 4.98 Å². The molecule has 122 valence electrons. The molecule has 1 aromatic carbocycles. The van der Waals surface area contributed by atoms with Crippen molar-refractivity contribution in [2.24, 2.45) is 5.92 Å². The van der Waals surface area contributed by atoms with Crippen LogP contribution >= 0.6 is 22.9 Å². The fourth-order valence-corrected chi connectivity index (χ4v) is 3.67. The lowest BCUT2D eigenvalue weighted by Gasteiger charge is -2.13. The number of nitrogens with one attached hydrogen (secondary N) is 2. The third-order valence-electron chi connectivity index (χ3n) is 3.92. The molecule has 0 saturated carbocycles. The van der Waals surface area contributed by atoms with Gasteiger partial charge in [0, 0.05) is 36.1 Å². The van der Waals surface area contributed by atoms with Crippen LogP contribution in [0, 0.1) is 12.8 Å². The Balaban J connectivity index is 1.70. The summed E-state index contributed by atoms with van der Waals surface area (Å²) >= 11 is 7.26. The molecule has 2 atom stereocenters. The SMILES string of the molecule is Cc1nc(-c2ccc(Cl)cc2)sc1C(=O)NCC1CNCC1O. The number of carbonyl (C=O) groups is 1. The smallest absolute Gasteiger partial charge is 0.263 e. The van der Waals surface area contributed by atoms with Crippen molar-refractivity contribution in [2.45, 2.75) is 13.0 Å². The Morgan fingerprint density at radius 3 is 2.83 bits per heavy atom. The molecule has 1 aliphatic rings. The number of nitrogens with zero attached hydrogens (tertiary/aromatic N) is 1. The van der Waals surface area contributed by atoms with Crippen molar-refractivity contribution in [1.29, 1.82) is 0 Å². The average Bonchev–Trinajstić information content (AvgIpc) is 3.11. The van der Waals surface area contributed by atoms with Gasteiger partial charge >= 0.3 is 0 Å². The van der Waals surface area contributed by atoms with Crippen LogP contribution in [0.25, 0.3) is 10.6 Å². The first kappa shape index (κ1) is 16.4. The minimum absolute atomic E-state index is 0.0583. The van der Waals surface area contributed by atoms with Crippen LogP contribution in [0.5, 0.6) is 0 Å². The number of β-amino-alcohol motifs (C(OH)–C–C–N with tert-alkyl or cyclic N) is 1. The molecule has 7 heteroatoms. The quantitative estimate of drug-likeness (QED) is 0.788. The number of carbonyl (C=O) groups excluding carboxylic acids is 1. The van der Waals surface area contributed by atoms with Gasteiger partial charge in [-0.15, -0.1) is 11.3 Å². The van der Waals surface area contributed by atoms with Crippen molar-refractivity contribution >= 4 is 28.8 Å². The van der Waals surface area contributed by atoms with Crippen LogP contribution in [0.3, 0.4) is 0 Å². The van der Waals surface area contributed by atoms with E-state index >= 15 is 0 Å². The first-order valence-corrected chi connectivity index (χ1v) is 8.64. The van der Waals surface area contributed by atoms with Crippen molar-refractivity contribution in [3.05, 3.63) is 39.9 Å². The third kappa shape index (κ3) is 3.72. The lowest BCUT2D eigenvalue weighted by atomic mass is 10.1. The summed E-state index contributed by atoms with van der Waals surface area (Å²) < 4.78 is 0. The van der Waals surface area contributed by atoms with Crippen LogP contribution in [0.2, 0.25) is 5.02 Å². The van der Waals surface area contributed by atoms with Gasteiger partial charge in [0.15, 0.2) is 0 Å². The molecule has 1 fully saturated rings. The van der Waals surface area contributed by atoms with Crippen molar-refractivity contribution in [1.82, 2.24) is 15.6 Å². The first-order chi connectivity index (χ1) is 11.0. The van der Waals surface area contributed by atoms with Gasteiger partial charge in [-0.3, -0.25) is 4.79 Å². The van der Waals surface area contributed by atoms with Gasteiger partial charge in [-0.2, -0.15) is 0 Å². The predicted octanol–water partition coefficient (Wildman–Crippen LogP) is 2.08. The van der Waals surface area contributed by atoms with Crippen LogP contribution in [-0.2, 0) is 0 Å². The van der Waals surface area contributed by atoms with Crippen LogP contribution in [0.4, 0.5) is 0 Å². The van der Waals surface area contributed by atoms with Crippen LogP contribution in [-0.4, -0.2) is 41.7 Å². The van der Waals surface area contributed by atoms with E-state index in [4.69, 9.17) is 11.6 Å². The van der Waals surface area contributed by atoms with Crippen LogP contribution < -0.4 is 10.6 Å². The summed E-state index contributed by atoms with van der Waals surface area (Å²) in [5.41, 5.74) is 1.65. The molecule has 23 heavy (non-hydrogen) atoms. The molecule has 2 aromatic rings. The summed E-state index contributed by atoms with van der Waals surface area (Å²) in [6, 6.07) is 7.40. The molecule has 0 spiro atoms. The molecular formula is C16H18ClN3O2S. The fraction of sp³-hybridized carbons (Fsp3) is 0.375. The van der Waals surface area contributed by atoms with E-state index in [0.29, 0.717) is 28.7 Å². The zero-order valence-electron chi connectivity index (χ0n) is 12.7. The van der Waals surface area contributed by atoms with Gasteiger partial charge < -0.3 is 15.7 Å². The molecule has 1 amide bonds. The zero-order valence-corrected chi connectivity index (χ0v) is 14.2. The number of aliphatic hydroxyl groups is 1. The number of amides is 1. The monoisotopic (exact) mass is 351 g/mol. The number of benzene rings is 1. The number of aryl methyl sites for hydroxylation is 1. The van der Waals surface area contributed by atoms with E-state index in [1.807, 2.05) is 31.2 Å². The minimum Gasteiger partial charge on any atom is -0.391 e. The van der Waals surface area contributed by atoms with Crippen molar-refractivity contribution in [3.63, 3.8) is 0 Å². The third-order valence-corrected chi connectivity index (χ3v) is 5.38. The van der Waals surface area contributed by atoms with E-state index in [1.54, 1.807) is 0 Å². The largest absolute Gasteiger partial charge is 0.391 e. The number of rotatable bonds is 4. The molecule has 1 saturated heterocycles. The second kappa shape index (κ2) is 6.97. The van der Waals surface area contributed by atoms with Crippen molar-refractivity contribution < 1.29 is 9.90 Å². The highest BCUT2D eigenvalue weighted by molar-refractivity contribution is 7.17.